The van der Waals surface area contributed by atoms with Crippen molar-refractivity contribution in [3.8, 4) is 5.75 Å². The minimum atomic E-state index is -0.615. The van der Waals surface area contributed by atoms with Gasteiger partial charge in [-0.3, -0.25) is 10.1 Å². The minimum absolute atomic E-state index is 0.0866. The normalized spacial score (nSPS) is 10.7. The Hall–Kier alpha value is -3.22. The SMILES string of the molecule is CCCCCCCCCCCCCCCOC(=O)c1ccc(C(=O)Oc2ccc([N+](=O)[O-])cc2)cc1. The lowest BCUT2D eigenvalue weighted by Gasteiger charge is -2.07. The van der Waals surface area contributed by atoms with Crippen LogP contribution in [0.1, 0.15) is 111 Å². The first-order valence-electron chi connectivity index (χ1n) is 13.2. The molecule has 0 aliphatic heterocycles. The monoisotopic (exact) mass is 497 g/mol. The number of carbonyl (C=O) groups is 2. The van der Waals surface area contributed by atoms with E-state index in [4.69, 9.17) is 9.47 Å². The third-order valence-electron chi connectivity index (χ3n) is 6.10. The molecule has 0 N–H and O–H groups in total. The molecule has 0 spiro atoms. The van der Waals surface area contributed by atoms with E-state index in [1.165, 1.54) is 119 Å². The first-order valence-corrected chi connectivity index (χ1v) is 13.2. The Morgan fingerprint density at radius 1 is 0.667 bits per heavy atom. The number of hydrogen-bond donors (Lipinski definition) is 0. The van der Waals surface area contributed by atoms with Crippen LogP contribution in [-0.2, 0) is 4.74 Å². The number of rotatable bonds is 18. The lowest BCUT2D eigenvalue weighted by molar-refractivity contribution is -0.384. The summed E-state index contributed by atoms with van der Waals surface area (Å²) in [4.78, 5) is 34.7. The highest BCUT2D eigenvalue weighted by Crippen LogP contribution is 2.19. The fourth-order valence-electron chi connectivity index (χ4n) is 3.91. The second-order valence-electron chi connectivity index (χ2n) is 9.10. The molecule has 0 unspecified atom stereocenters. The van der Waals surface area contributed by atoms with Gasteiger partial charge in [-0.05, 0) is 42.8 Å². The van der Waals surface area contributed by atoms with Crippen LogP contribution in [0.5, 0.6) is 5.75 Å². The number of unbranched alkanes of at least 4 members (excludes halogenated alkanes) is 12. The third kappa shape index (κ3) is 11.5. The lowest BCUT2D eigenvalue weighted by atomic mass is 10.0. The van der Waals surface area contributed by atoms with Crippen LogP contribution < -0.4 is 4.74 Å². The number of nitro groups is 1. The Morgan fingerprint density at radius 3 is 1.58 bits per heavy atom. The molecule has 0 aromatic heterocycles. The molecule has 0 amide bonds. The molecule has 0 radical (unpaired) electrons. The molecule has 2 rings (SSSR count). The topological polar surface area (TPSA) is 95.7 Å². The maximum Gasteiger partial charge on any atom is 0.343 e. The zero-order valence-corrected chi connectivity index (χ0v) is 21.4. The molecule has 0 bridgehead atoms. The predicted octanol–water partition coefficient (Wildman–Crippen LogP) is 8.06. The first-order chi connectivity index (χ1) is 17.5. The van der Waals surface area contributed by atoms with Crippen molar-refractivity contribution in [3.05, 3.63) is 69.8 Å². The van der Waals surface area contributed by atoms with Crippen LogP contribution in [0.25, 0.3) is 0 Å². The van der Waals surface area contributed by atoms with Crippen molar-refractivity contribution >= 4 is 17.6 Å². The number of nitrogens with zero attached hydrogens (tertiary/aromatic N) is 1. The van der Waals surface area contributed by atoms with E-state index in [2.05, 4.69) is 6.92 Å². The number of ether oxygens (including phenoxy) is 2. The van der Waals surface area contributed by atoms with E-state index in [-0.39, 0.29) is 17.0 Å². The van der Waals surface area contributed by atoms with Gasteiger partial charge >= 0.3 is 11.9 Å². The Labute approximate surface area is 214 Å². The molecule has 7 heteroatoms. The van der Waals surface area contributed by atoms with E-state index in [0.717, 1.165) is 12.8 Å². The summed E-state index contributed by atoms with van der Waals surface area (Å²) in [7, 11) is 0. The second-order valence-corrected chi connectivity index (χ2v) is 9.10. The van der Waals surface area contributed by atoms with Gasteiger partial charge in [-0.1, -0.05) is 84.0 Å². The molecule has 0 saturated carbocycles. The highest BCUT2D eigenvalue weighted by atomic mass is 16.6. The Morgan fingerprint density at radius 2 is 1.11 bits per heavy atom. The summed E-state index contributed by atoms with van der Waals surface area (Å²) in [6.45, 7) is 2.64. The summed E-state index contributed by atoms with van der Waals surface area (Å²) in [6.07, 6.45) is 16.4. The Kier molecular flexibility index (Phi) is 13.9. The van der Waals surface area contributed by atoms with E-state index >= 15 is 0 Å². The van der Waals surface area contributed by atoms with Gasteiger partial charge in [-0.2, -0.15) is 0 Å². The van der Waals surface area contributed by atoms with Gasteiger partial charge in [-0.25, -0.2) is 9.59 Å². The second kappa shape index (κ2) is 17.2. The summed E-state index contributed by atoms with van der Waals surface area (Å²) in [6, 6.07) is 11.3. The van der Waals surface area contributed by atoms with E-state index in [9.17, 15) is 19.7 Å². The van der Waals surface area contributed by atoms with Crippen molar-refractivity contribution < 1.29 is 24.0 Å². The molecule has 36 heavy (non-hydrogen) atoms. The third-order valence-corrected chi connectivity index (χ3v) is 6.10. The molecule has 0 atom stereocenters. The number of non-ortho nitro benzene ring substituents is 1. The highest BCUT2D eigenvalue weighted by molar-refractivity contribution is 5.94. The average molecular weight is 498 g/mol. The quantitative estimate of drug-likeness (QED) is 0.0679. The van der Waals surface area contributed by atoms with Gasteiger partial charge < -0.3 is 9.47 Å². The van der Waals surface area contributed by atoms with Crippen LogP contribution in [-0.4, -0.2) is 23.5 Å². The van der Waals surface area contributed by atoms with Crippen molar-refractivity contribution in [2.45, 2.75) is 90.4 Å². The molecule has 2 aromatic rings. The summed E-state index contributed by atoms with van der Waals surface area (Å²) in [5, 5.41) is 10.7. The molecule has 7 nitrogen and oxygen atoms in total. The Balaban J connectivity index is 1.55. The van der Waals surface area contributed by atoms with Gasteiger partial charge in [0.05, 0.1) is 22.7 Å². The van der Waals surface area contributed by atoms with Gasteiger partial charge in [0.15, 0.2) is 0 Å². The summed E-state index contributed by atoms with van der Waals surface area (Å²) in [5.74, 6) is -0.827. The fraction of sp³-hybridized carbons (Fsp3) is 0.517. The van der Waals surface area contributed by atoms with Gasteiger partial charge in [0, 0.05) is 12.1 Å². The van der Waals surface area contributed by atoms with Crippen LogP contribution in [0.3, 0.4) is 0 Å². The maximum atomic E-state index is 12.3. The zero-order valence-electron chi connectivity index (χ0n) is 21.4. The zero-order chi connectivity index (χ0) is 26.0. The number of benzene rings is 2. The molecular weight excluding hydrogens is 458 g/mol. The molecule has 0 aliphatic carbocycles. The van der Waals surface area contributed by atoms with Crippen LogP contribution in [0, 0.1) is 10.1 Å². The van der Waals surface area contributed by atoms with Crippen molar-refractivity contribution in [1.29, 1.82) is 0 Å². The van der Waals surface area contributed by atoms with Crippen LogP contribution in [0.4, 0.5) is 5.69 Å². The lowest BCUT2D eigenvalue weighted by Crippen LogP contribution is -2.10. The number of carbonyl (C=O) groups excluding carboxylic acids is 2. The predicted molar refractivity (Wildman–Crippen MR) is 140 cm³/mol. The summed E-state index contributed by atoms with van der Waals surface area (Å²) in [5.41, 5.74) is 0.550. The minimum Gasteiger partial charge on any atom is -0.462 e. The molecule has 0 fully saturated rings. The number of esters is 2. The number of hydrogen-bond acceptors (Lipinski definition) is 6. The van der Waals surface area contributed by atoms with E-state index in [1.807, 2.05) is 0 Å². The van der Waals surface area contributed by atoms with E-state index < -0.39 is 16.9 Å². The smallest absolute Gasteiger partial charge is 0.343 e. The maximum absolute atomic E-state index is 12.3. The van der Waals surface area contributed by atoms with Crippen molar-refractivity contribution in [3.63, 3.8) is 0 Å². The van der Waals surface area contributed by atoms with Crippen molar-refractivity contribution in [1.82, 2.24) is 0 Å². The van der Waals surface area contributed by atoms with Gasteiger partial charge in [-0.15, -0.1) is 0 Å². The van der Waals surface area contributed by atoms with Crippen LogP contribution >= 0.6 is 0 Å². The first kappa shape index (κ1) is 29.0. The summed E-state index contributed by atoms with van der Waals surface area (Å²) >= 11 is 0. The summed E-state index contributed by atoms with van der Waals surface area (Å²) < 4.78 is 10.6. The molecular formula is C29H39NO6. The average Bonchev–Trinajstić information content (AvgIpc) is 2.89. The van der Waals surface area contributed by atoms with Crippen molar-refractivity contribution in [2.24, 2.45) is 0 Å². The fourth-order valence-corrected chi connectivity index (χ4v) is 3.91. The van der Waals surface area contributed by atoms with E-state index in [1.54, 1.807) is 0 Å². The van der Waals surface area contributed by atoms with Gasteiger partial charge in [0.2, 0.25) is 0 Å². The van der Waals surface area contributed by atoms with Crippen LogP contribution in [0.2, 0.25) is 0 Å². The molecule has 0 heterocycles. The molecule has 0 aliphatic rings. The highest BCUT2D eigenvalue weighted by Gasteiger charge is 2.13. The van der Waals surface area contributed by atoms with E-state index in [0.29, 0.717) is 12.2 Å². The van der Waals surface area contributed by atoms with Gasteiger partial charge in [0.1, 0.15) is 5.75 Å². The molecule has 196 valence electrons. The van der Waals surface area contributed by atoms with Gasteiger partial charge in [0.25, 0.3) is 5.69 Å². The largest absolute Gasteiger partial charge is 0.462 e. The standard InChI is InChI=1S/C29H39NO6/c1-2-3-4-5-6-7-8-9-10-11-12-13-14-23-35-28(31)24-15-17-25(18-16-24)29(32)36-27-21-19-26(20-22-27)30(33)34/h15-22H,2-14,23H2,1H3. The molecule has 2 aromatic carbocycles. The number of nitro benzene ring substituents is 1. The molecule has 0 saturated heterocycles. The van der Waals surface area contributed by atoms with Crippen LogP contribution in [0.15, 0.2) is 48.5 Å². The van der Waals surface area contributed by atoms with Crippen molar-refractivity contribution in [2.75, 3.05) is 6.61 Å². The Bertz CT molecular complexity index is 924.